The van der Waals surface area contributed by atoms with Crippen molar-refractivity contribution in [3.8, 4) is 0 Å². The molecule has 2 aliphatic rings. The van der Waals surface area contributed by atoms with Gasteiger partial charge in [0, 0.05) is 22.7 Å². The van der Waals surface area contributed by atoms with Crippen LogP contribution in [-0.2, 0) is 46.0 Å². The third-order valence-corrected chi connectivity index (χ3v) is 6.48. The molecule has 4 rings (SSSR count). The summed E-state index contributed by atoms with van der Waals surface area (Å²) in [7, 11) is -2.20. The molecule has 0 spiro atoms. The highest BCUT2D eigenvalue weighted by Gasteiger charge is 2.36. The van der Waals surface area contributed by atoms with Crippen molar-refractivity contribution in [3.63, 3.8) is 0 Å². The summed E-state index contributed by atoms with van der Waals surface area (Å²) in [5, 5.41) is 6.38. The second-order valence-electron chi connectivity index (χ2n) is 7.89. The fraction of sp³-hybridized carbons (Fsp3) is 0.526. The summed E-state index contributed by atoms with van der Waals surface area (Å²) in [5.74, 6) is -0.732. The molecule has 0 atom stereocenters. The SMILES string of the molecule is CCn1cc(F)c([S-](=O)=NC(=O)Nc2c3c(nc4c2CCC4(C)C)CCC3)n1. The molecular weight excluding hydrogens is 381 g/mol. The minimum absolute atomic E-state index is 0.0392. The second-order valence-corrected chi connectivity index (χ2v) is 8.95. The highest BCUT2D eigenvalue weighted by Crippen LogP contribution is 2.44. The summed E-state index contributed by atoms with van der Waals surface area (Å²) >= 11 is 0. The average Bonchev–Trinajstić information content (AvgIpc) is 3.32. The Bertz CT molecular complexity index is 1050. The van der Waals surface area contributed by atoms with Gasteiger partial charge in [-0.15, -0.1) is 10.6 Å². The van der Waals surface area contributed by atoms with E-state index in [4.69, 9.17) is 4.98 Å². The van der Waals surface area contributed by atoms with Gasteiger partial charge in [-0.2, -0.15) is 5.10 Å². The van der Waals surface area contributed by atoms with Gasteiger partial charge in [-0.05, 0) is 50.2 Å². The molecule has 2 heterocycles. The van der Waals surface area contributed by atoms with E-state index < -0.39 is 22.4 Å². The highest BCUT2D eigenvalue weighted by molar-refractivity contribution is 7.75. The van der Waals surface area contributed by atoms with E-state index >= 15 is 0 Å². The summed E-state index contributed by atoms with van der Waals surface area (Å²) in [6, 6.07) is -0.754. The molecule has 0 aromatic carbocycles. The van der Waals surface area contributed by atoms with E-state index in [1.54, 1.807) is 6.92 Å². The number of rotatable bonds is 3. The van der Waals surface area contributed by atoms with Crippen LogP contribution in [0.2, 0.25) is 0 Å². The van der Waals surface area contributed by atoms with Gasteiger partial charge in [-0.1, -0.05) is 13.8 Å². The number of anilines is 1. The van der Waals surface area contributed by atoms with Crippen molar-refractivity contribution in [3.05, 3.63) is 34.5 Å². The molecule has 0 aliphatic heterocycles. The van der Waals surface area contributed by atoms with E-state index in [0.29, 0.717) is 6.54 Å². The van der Waals surface area contributed by atoms with Gasteiger partial charge >= 0.3 is 6.03 Å². The topological polar surface area (TPSA) is 89.2 Å². The Morgan fingerprint density at radius 2 is 2.14 bits per heavy atom. The van der Waals surface area contributed by atoms with E-state index in [-0.39, 0.29) is 10.4 Å². The molecule has 0 radical (unpaired) electrons. The van der Waals surface area contributed by atoms with E-state index in [1.165, 1.54) is 4.68 Å². The molecule has 28 heavy (non-hydrogen) atoms. The number of halogens is 1. The molecule has 1 N–H and O–H groups in total. The molecule has 0 saturated carbocycles. The Balaban J connectivity index is 1.67. The van der Waals surface area contributed by atoms with Crippen molar-refractivity contribution in [1.29, 1.82) is 0 Å². The average molecular weight is 404 g/mol. The fourth-order valence-corrected chi connectivity index (χ4v) is 4.72. The van der Waals surface area contributed by atoms with Crippen LogP contribution in [0.3, 0.4) is 0 Å². The number of hydrogen-bond acceptors (Lipinski definition) is 5. The predicted octanol–water partition coefficient (Wildman–Crippen LogP) is 3.89. The first-order chi connectivity index (χ1) is 13.3. The quantitative estimate of drug-likeness (QED) is 0.786. The van der Waals surface area contributed by atoms with E-state index in [2.05, 4.69) is 28.6 Å². The Hall–Kier alpha value is -2.29. The second kappa shape index (κ2) is 6.95. The van der Waals surface area contributed by atoms with Crippen molar-refractivity contribution in [2.24, 2.45) is 4.36 Å². The van der Waals surface area contributed by atoms with Crippen LogP contribution >= 0.6 is 0 Å². The maximum absolute atomic E-state index is 13.9. The molecule has 2 aliphatic carbocycles. The number of urea groups is 1. The smallest absolute Gasteiger partial charge is 0.322 e. The molecule has 7 nitrogen and oxygen atoms in total. The molecular formula is C19H23FN5O2S-. The monoisotopic (exact) mass is 404 g/mol. The third-order valence-electron chi connectivity index (χ3n) is 5.54. The molecule has 2 aromatic heterocycles. The predicted molar refractivity (Wildman–Crippen MR) is 103 cm³/mol. The van der Waals surface area contributed by atoms with Gasteiger partial charge < -0.3 is 13.9 Å². The standard InChI is InChI=1S/C19H23FN5O2S/c1-4-25-10-13(20)17(23-25)28(27)24-18(26)22-15-11-6-5-7-14(11)21-16-12(15)8-9-19(16,2)3/h10H,4-9H2,1-3H3,(H,21,22,26)/q-1. The summed E-state index contributed by atoms with van der Waals surface area (Å²) < 4.78 is 31.2. The number of carbonyl (C=O) groups is 1. The van der Waals surface area contributed by atoms with Gasteiger partial charge in [0.25, 0.3) is 0 Å². The number of amides is 2. The maximum Gasteiger partial charge on any atom is 0.322 e. The maximum atomic E-state index is 13.9. The Kier molecular flexibility index (Phi) is 4.73. The van der Waals surface area contributed by atoms with Crippen molar-refractivity contribution in [2.45, 2.75) is 69.9 Å². The van der Waals surface area contributed by atoms with Crippen molar-refractivity contribution >= 4 is 22.3 Å². The zero-order chi connectivity index (χ0) is 20.1. The van der Waals surface area contributed by atoms with Gasteiger partial charge in [-0.25, -0.2) is 9.18 Å². The normalized spacial score (nSPS) is 18.1. The lowest BCUT2D eigenvalue weighted by Crippen LogP contribution is -2.17. The number of hydrogen-bond donors (Lipinski definition) is 1. The van der Waals surface area contributed by atoms with E-state index in [0.717, 1.165) is 66.5 Å². The summed E-state index contributed by atoms with van der Waals surface area (Å²) in [4.78, 5) is 17.4. The summed E-state index contributed by atoms with van der Waals surface area (Å²) in [6.07, 6.45) is 5.68. The Labute approximate surface area is 165 Å². The first-order valence-corrected chi connectivity index (χ1v) is 10.6. The molecule has 0 fully saturated rings. The van der Waals surface area contributed by atoms with Crippen molar-refractivity contribution < 1.29 is 13.4 Å². The van der Waals surface area contributed by atoms with Crippen LogP contribution < -0.4 is 5.32 Å². The minimum atomic E-state index is -2.20. The lowest BCUT2D eigenvalue weighted by Gasteiger charge is -2.20. The molecule has 150 valence electrons. The molecule has 9 heteroatoms. The first kappa shape index (κ1) is 19.0. The number of nitrogens with zero attached hydrogens (tertiary/aromatic N) is 4. The van der Waals surface area contributed by atoms with Crippen LogP contribution in [0, 0.1) is 5.82 Å². The van der Waals surface area contributed by atoms with Crippen LogP contribution in [0.25, 0.3) is 0 Å². The van der Waals surface area contributed by atoms with Gasteiger partial charge in [-0.3, -0.25) is 9.67 Å². The number of fused-ring (bicyclic) bond motifs is 2. The number of nitrogens with one attached hydrogen (secondary N) is 1. The molecule has 0 unspecified atom stereocenters. The molecule has 2 aromatic rings. The molecule has 0 bridgehead atoms. The van der Waals surface area contributed by atoms with Gasteiger partial charge in [0.05, 0.1) is 17.6 Å². The summed E-state index contributed by atoms with van der Waals surface area (Å²) in [5.41, 5.74) is 4.86. The van der Waals surface area contributed by atoms with Gasteiger partial charge in [0.2, 0.25) is 0 Å². The fourth-order valence-electron chi connectivity index (χ4n) is 4.04. The molecule has 0 saturated heterocycles. The van der Waals surface area contributed by atoms with Gasteiger partial charge in [0.15, 0.2) is 0 Å². The van der Waals surface area contributed by atoms with Crippen LogP contribution in [0.1, 0.15) is 56.1 Å². The Morgan fingerprint density at radius 3 is 2.86 bits per heavy atom. The number of aryl methyl sites for hydroxylation is 2. The Morgan fingerprint density at radius 1 is 1.36 bits per heavy atom. The minimum Gasteiger partial charge on any atom is -0.438 e. The van der Waals surface area contributed by atoms with Gasteiger partial charge in [0.1, 0.15) is 5.82 Å². The van der Waals surface area contributed by atoms with Crippen LogP contribution in [-0.4, -0.2) is 20.8 Å². The zero-order valence-corrected chi connectivity index (χ0v) is 17.0. The lowest BCUT2D eigenvalue weighted by molar-refractivity contribution is 0.260. The summed E-state index contributed by atoms with van der Waals surface area (Å²) in [6.45, 7) is 6.54. The van der Waals surface area contributed by atoms with E-state index in [9.17, 15) is 13.4 Å². The van der Waals surface area contributed by atoms with E-state index in [1.807, 2.05) is 0 Å². The van der Waals surface area contributed by atoms with Crippen LogP contribution in [0.4, 0.5) is 14.9 Å². The number of pyridine rings is 1. The third kappa shape index (κ3) is 3.21. The largest absolute Gasteiger partial charge is 0.438 e. The lowest BCUT2D eigenvalue weighted by atomic mass is 9.90. The number of aromatic nitrogens is 3. The first-order valence-electron chi connectivity index (χ1n) is 9.53. The number of carbonyl (C=O) groups excluding carboxylic acids is 1. The molecule has 2 amide bonds. The van der Waals surface area contributed by atoms with Crippen LogP contribution in [0.5, 0.6) is 0 Å². The zero-order valence-electron chi connectivity index (χ0n) is 16.2. The van der Waals surface area contributed by atoms with Crippen LogP contribution in [0.15, 0.2) is 15.6 Å². The van der Waals surface area contributed by atoms with Crippen molar-refractivity contribution in [1.82, 2.24) is 14.8 Å². The highest BCUT2D eigenvalue weighted by atomic mass is 32.2. The van der Waals surface area contributed by atoms with Crippen molar-refractivity contribution in [2.75, 3.05) is 5.32 Å².